The summed E-state index contributed by atoms with van der Waals surface area (Å²) < 4.78 is 1.15. The molecule has 0 unspecified atom stereocenters. The third-order valence-electron chi connectivity index (χ3n) is 5.76. The summed E-state index contributed by atoms with van der Waals surface area (Å²) in [6.45, 7) is 2.59. The highest BCUT2D eigenvalue weighted by Gasteiger charge is 2.37. The first-order valence-corrected chi connectivity index (χ1v) is 12.1. The lowest BCUT2D eigenvalue weighted by Gasteiger charge is -2.30. The summed E-state index contributed by atoms with van der Waals surface area (Å²) in [4.78, 5) is 20.6. The molecule has 0 aliphatic carbocycles. The van der Waals surface area contributed by atoms with E-state index in [2.05, 4.69) is 33.1 Å². The number of hydrogen-bond acceptors (Lipinski definition) is 5. The van der Waals surface area contributed by atoms with Crippen LogP contribution < -0.4 is 5.32 Å². The van der Waals surface area contributed by atoms with Gasteiger partial charge in [-0.2, -0.15) is 11.3 Å². The fraction of sp³-hybridized carbons (Fsp3) is 0.280. The van der Waals surface area contributed by atoms with Crippen LogP contribution >= 0.6 is 22.7 Å². The number of nitrogens with zero attached hydrogens (tertiary/aromatic N) is 2. The number of rotatable bonds is 8. The lowest BCUT2D eigenvalue weighted by molar-refractivity contribution is -0.126. The van der Waals surface area contributed by atoms with Gasteiger partial charge in [0.25, 0.3) is 0 Å². The van der Waals surface area contributed by atoms with Gasteiger partial charge in [-0.05, 0) is 61.1 Å². The topological polar surface area (TPSA) is 45.2 Å². The summed E-state index contributed by atoms with van der Waals surface area (Å²) in [5, 5.41) is 8.45. The SMILES string of the molecule is CN(C)[C@H](CNC(=O)[C@@](C)(Cc1nc2ccccc2s1)c1ccccc1)c1ccsc1. The Morgan fingerprint density at radius 2 is 1.84 bits per heavy atom. The van der Waals surface area contributed by atoms with E-state index in [9.17, 15) is 4.79 Å². The van der Waals surface area contributed by atoms with Crippen LogP contribution in [0.2, 0.25) is 0 Å². The van der Waals surface area contributed by atoms with Crippen molar-refractivity contribution >= 4 is 38.8 Å². The Morgan fingerprint density at radius 3 is 2.52 bits per heavy atom. The molecule has 0 spiro atoms. The Balaban J connectivity index is 1.60. The molecule has 0 radical (unpaired) electrons. The fourth-order valence-corrected chi connectivity index (χ4v) is 5.70. The molecule has 0 bridgehead atoms. The number of carbonyl (C=O) groups excluding carboxylic acids is 1. The first-order valence-electron chi connectivity index (χ1n) is 10.3. The number of carbonyl (C=O) groups is 1. The van der Waals surface area contributed by atoms with Gasteiger partial charge in [-0.1, -0.05) is 42.5 Å². The van der Waals surface area contributed by atoms with E-state index in [1.165, 1.54) is 5.56 Å². The summed E-state index contributed by atoms with van der Waals surface area (Å²) in [5.74, 6) is 0.0278. The quantitative estimate of drug-likeness (QED) is 0.398. The van der Waals surface area contributed by atoms with Gasteiger partial charge in [0.1, 0.15) is 0 Å². The monoisotopic (exact) mass is 449 g/mol. The molecule has 1 amide bonds. The van der Waals surface area contributed by atoms with Crippen LogP contribution in [-0.2, 0) is 16.6 Å². The molecule has 0 aliphatic heterocycles. The highest BCUT2D eigenvalue weighted by molar-refractivity contribution is 7.18. The first-order chi connectivity index (χ1) is 15.0. The number of hydrogen-bond donors (Lipinski definition) is 1. The Bertz CT molecular complexity index is 1110. The third kappa shape index (κ3) is 4.71. The number of nitrogens with one attached hydrogen (secondary N) is 1. The molecule has 4 nitrogen and oxygen atoms in total. The van der Waals surface area contributed by atoms with Crippen LogP contribution in [0.4, 0.5) is 0 Å². The van der Waals surface area contributed by atoms with Crippen molar-refractivity contribution in [2.75, 3.05) is 20.6 Å². The van der Waals surface area contributed by atoms with Gasteiger partial charge in [-0.3, -0.25) is 4.79 Å². The lowest BCUT2D eigenvalue weighted by Crippen LogP contribution is -2.46. The number of likely N-dealkylation sites (N-methyl/N-ethyl adjacent to an activating group) is 1. The lowest BCUT2D eigenvalue weighted by atomic mass is 9.78. The molecule has 31 heavy (non-hydrogen) atoms. The first kappa shape index (κ1) is 21.7. The van der Waals surface area contributed by atoms with E-state index in [4.69, 9.17) is 4.98 Å². The molecule has 2 atom stereocenters. The molecule has 0 fully saturated rings. The normalized spacial score (nSPS) is 14.5. The highest BCUT2D eigenvalue weighted by atomic mass is 32.1. The highest BCUT2D eigenvalue weighted by Crippen LogP contribution is 2.32. The fourth-order valence-electron chi connectivity index (χ4n) is 3.87. The minimum atomic E-state index is -0.708. The average molecular weight is 450 g/mol. The molecule has 6 heteroatoms. The van der Waals surface area contributed by atoms with Gasteiger partial charge < -0.3 is 10.2 Å². The third-order valence-corrected chi connectivity index (χ3v) is 7.50. The zero-order valence-corrected chi connectivity index (χ0v) is 19.7. The van der Waals surface area contributed by atoms with Crippen molar-refractivity contribution in [1.82, 2.24) is 15.2 Å². The van der Waals surface area contributed by atoms with Crippen molar-refractivity contribution in [3.8, 4) is 0 Å². The molecule has 0 aliphatic rings. The maximum Gasteiger partial charge on any atom is 0.230 e. The molecule has 160 valence electrons. The van der Waals surface area contributed by atoms with Gasteiger partial charge in [0.05, 0.1) is 26.7 Å². The Hall–Kier alpha value is -2.54. The van der Waals surface area contributed by atoms with Crippen molar-refractivity contribution in [2.24, 2.45) is 0 Å². The van der Waals surface area contributed by atoms with Gasteiger partial charge in [0.2, 0.25) is 5.91 Å². The van der Waals surface area contributed by atoms with Crippen molar-refractivity contribution in [2.45, 2.75) is 24.8 Å². The summed E-state index contributed by atoms with van der Waals surface area (Å²) in [7, 11) is 4.10. The van der Waals surface area contributed by atoms with Gasteiger partial charge in [-0.25, -0.2) is 4.98 Å². The average Bonchev–Trinajstić information content (AvgIpc) is 3.43. The van der Waals surface area contributed by atoms with Crippen LogP contribution in [0.5, 0.6) is 0 Å². The van der Waals surface area contributed by atoms with Crippen LogP contribution in [0.3, 0.4) is 0 Å². The molecule has 0 saturated carbocycles. The number of para-hydroxylation sites is 1. The van der Waals surface area contributed by atoms with Crippen LogP contribution in [0.1, 0.15) is 29.1 Å². The van der Waals surface area contributed by atoms with Crippen LogP contribution in [0.15, 0.2) is 71.4 Å². The number of benzene rings is 2. The number of thiophene rings is 1. The van der Waals surface area contributed by atoms with Crippen LogP contribution in [0.25, 0.3) is 10.2 Å². The number of fused-ring (bicyclic) bond motifs is 1. The van der Waals surface area contributed by atoms with Gasteiger partial charge in [0, 0.05) is 13.0 Å². The second kappa shape index (κ2) is 9.30. The summed E-state index contributed by atoms with van der Waals surface area (Å²) in [5.41, 5.74) is 2.51. The Kier molecular flexibility index (Phi) is 6.51. The minimum absolute atomic E-state index is 0.0278. The van der Waals surface area contributed by atoms with Crippen LogP contribution in [-0.4, -0.2) is 36.4 Å². The Labute approximate surface area is 191 Å². The molecule has 4 aromatic rings. The predicted octanol–water partition coefficient (Wildman–Crippen LogP) is 5.28. The van der Waals surface area contributed by atoms with Crippen molar-refractivity contribution < 1.29 is 4.79 Å². The zero-order chi connectivity index (χ0) is 21.8. The molecule has 4 rings (SSSR count). The van der Waals surface area contributed by atoms with Gasteiger partial charge in [-0.15, -0.1) is 11.3 Å². The number of aromatic nitrogens is 1. The van der Waals surface area contributed by atoms with Crippen molar-refractivity contribution in [3.05, 3.63) is 87.6 Å². The molecular formula is C25H27N3OS2. The van der Waals surface area contributed by atoms with Gasteiger partial charge in [0.15, 0.2) is 0 Å². The second-order valence-electron chi connectivity index (χ2n) is 8.20. The predicted molar refractivity (Wildman–Crippen MR) is 131 cm³/mol. The Morgan fingerprint density at radius 1 is 1.10 bits per heavy atom. The molecule has 0 saturated heterocycles. The largest absolute Gasteiger partial charge is 0.353 e. The van der Waals surface area contributed by atoms with Gasteiger partial charge >= 0.3 is 0 Å². The van der Waals surface area contributed by atoms with E-state index in [1.54, 1.807) is 22.7 Å². The van der Waals surface area contributed by atoms with E-state index in [0.717, 1.165) is 20.8 Å². The summed E-state index contributed by atoms with van der Waals surface area (Å²) in [6.07, 6.45) is 0.563. The second-order valence-corrected chi connectivity index (χ2v) is 10.1. The maximum atomic E-state index is 13.6. The molecule has 1 N–H and O–H groups in total. The van der Waals surface area contributed by atoms with E-state index in [-0.39, 0.29) is 11.9 Å². The van der Waals surface area contributed by atoms with E-state index in [0.29, 0.717) is 13.0 Å². The van der Waals surface area contributed by atoms with Crippen LogP contribution in [0, 0.1) is 0 Å². The molecular weight excluding hydrogens is 422 g/mol. The van der Waals surface area contributed by atoms with E-state index in [1.807, 2.05) is 69.6 Å². The smallest absolute Gasteiger partial charge is 0.230 e. The van der Waals surface area contributed by atoms with E-state index >= 15 is 0 Å². The standard InChI is InChI=1S/C25H27N3OS2/c1-25(19-9-5-4-6-10-19,15-23-27-20-11-7-8-12-22(20)31-23)24(29)26-16-21(28(2)3)18-13-14-30-17-18/h4-14,17,21H,15-16H2,1-3H3,(H,26,29)/t21-,25+/m1/s1. The molecule has 2 heterocycles. The van der Waals surface area contributed by atoms with E-state index < -0.39 is 5.41 Å². The van der Waals surface area contributed by atoms with Crippen molar-refractivity contribution in [3.63, 3.8) is 0 Å². The van der Waals surface area contributed by atoms with Crippen molar-refractivity contribution in [1.29, 1.82) is 0 Å². The number of thiazole rings is 1. The number of amides is 1. The molecule has 2 aromatic heterocycles. The maximum absolute atomic E-state index is 13.6. The summed E-state index contributed by atoms with van der Waals surface area (Å²) in [6, 6.07) is 20.4. The minimum Gasteiger partial charge on any atom is -0.353 e. The molecule has 2 aromatic carbocycles. The zero-order valence-electron chi connectivity index (χ0n) is 18.0. The summed E-state index contributed by atoms with van der Waals surface area (Å²) >= 11 is 3.35.